The summed E-state index contributed by atoms with van der Waals surface area (Å²) in [5.41, 5.74) is 0. The van der Waals surface area contributed by atoms with Crippen molar-refractivity contribution in [1.29, 1.82) is 0 Å². The van der Waals surface area contributed by atoms with Crippen molar-refractivity contribution in [3.8, 4) is 0 Å². The molecule has 4 atom stereocenters. The van der Waals surface area contributed by atoms with Gasteiger partial charge in [-0.2, -0.15) is 0 Å². The molecule has 0 rings (SSSR count). The first-order chi connectivity index (χ1) is 9.84. The van der Waals surface area contributed by atoms with Crippen LogP contribution >= 0.6 is 0 Å². The first kappa shape index (κ1) is 21.0. The average Bonchev–Trinajstić information content (AvgIpc) is 2.44. The van der Waals surface area contributed by atoms with Crippen LogP contribution in [-0.4, -0.2) is 12.2 Å². The summed E-state index contributed by atoms with van der Waals surface area (Å²) in [5, 5.41) is 0. The van der Waals surface area contributed by atoms with E-state index < -0.39 is 0 Å². The molecule has 128 valence electrons. The molecule has 0 fully saturated rings. The third kappa shape index (κ3) is 8.24. The second kappa shape index (κ2) is 11.5. The predicted molar refractivity (Wildman–Crippen MR) is 95.7 cm³/mol. The average molecular weight is 299 g/mol. The van der Waals surface area contributed by atoms with Crippen molar-refractivity contribution >= 4 is 0 Å². The van der Waals surface area contributed by atoms with E-state index in [9.17, 15) is 0 Å². The zero-order chi connectivity index (χ0) is 16.4. The molecule has 0 saturated carbocycles. The Morgan fingerprint density at radius 1 is 0.619 bits per heavy atom. The Labute approximate surface area is 135 Å². The minimum Gasteiger partial charge on any atom is -0.374 e. The third-order valence-electron chi connectivity index (χ3n) is 5.31. The van der Waals surface area contributed by atoms with Crippen LogP contribution in [0.4, 0.5) is 0 Å². The highest BCUT2D eigenvalue weighted by molar-refractivity contribution is 4.76. The highest BCUT2D eigenvalue weighted by Gasteiger charge is 2.27. The molecule has 0 radical (unpaired) electrons. The number of rotatable bonds is 12. The molecule has 0 saturated heterocycles. The highest BCUT2D eigenvalue weighted by atomic mass is 16.5. The molecule has 0 aliphatic carbocycles. The maximum Gasteiger partial charge on any atom is 0.0607 e. The van der Waals surface area contributed by atoms with Crippen molar-refractivity contribution < 1.29 is 4.74 Å². The van der Waals surface area contributed by atoms with Crippen molar-refractivity contribution in [2.75, 3.05) is 0 Å². The lowest BCUT2D eigenvalue weighted by Crippen LogP contribution is -2.35. The van der Waals surface area contributed by atoms with Gasteiger partial charge in [-0.05, 0) is 36.5 Å². The summed E-state index contributed by atoms with van der Waals surface area (Å²) in [4.78, 5) is 0. The number of ether oxygens (including phenoxy) is 1. The van der Waals surface area contributed by atoms with Crippen molar-refractivity contribution in [1.82, 2.24) is 0 Å². The molecular weight excluding hydrogens is 256 g/mol. The van der Waals surface area contributed by atoms with Gasteiger partial charge in [0.05, 0.1) is 12.2 Å². The van der Waals surface area contributed by atoms with Gasteiger partial charge in [-0.25, -0.2) is 0 Å². The third-order valence-corrected chi connectivity index (χ3v) is 5.31. The first-order valence-corrected chi connectivity index (χ1v) is 9.50. The van der Waals surface area contributed by atoms with E-state index in [-0.39, 0.29) is 0 Å². The van der Waals surface area contributed by atoms with Gasteiger partial charge in [0.25, 0.3) is 0 Å². The second-order valence-electron chi connectivity index (χ2n) is 7.70. The monoisotopic (exact) mass is 298 g/mol. The highest BCUT2D eigenvalue weighted by Crippen LogP contribution is 2.29. The lowest BCUT2D eigenvalue weighted by Gasteiger charge is -2.35. The Hall–Kier alpha value is -0.0400. The summed E-state index contributed by atoms with van der Waals surface area (Å²) in [6.07, 6.45) is 8.44. The molecule has 1 heteroatoms. The molecule has 0 heterocycles. The van der Waals surface area contributed by atoms with Crippen molar-refractivity contribution in [3.05, 3.63) is 0 Å². The van der Waals surface area contributed by atoms with E-state index in [0.29, 0.717) is 35.9 Å². The van der Waals surface area contributed by atoms with Crippen LogP contribution in [0.25, 0.3) is 0 Å². The van der Waals surface area contributed by atoms with Gasteiger partial charge < -0.3 is 4.74 Å². The fourth-order valence-electron chi connectivity index (χ4n) is 2.80. The molecular formula is C20H42O. The van der Waals surface area contributed by atoms with Crippen LogP contribution in [0.2, 0.25) is 0 Å². The van der Waals surface area contributed by atoms with Crippen molar-refractivity contribution in [2.24, 2.45) is 23.7 Å². The lowest BCUT2D eigenvalue weighted by atomic mass is 9.86. The lowest BCUT2D eigenvalue weighted by molar-refractivity contribution is -0.0859. The second-order valence-corrected chi connectivity index (χ2v) is 7.70. The molecule has 0 N–H and O–H groups in total. The quantitative estimate of drug-likeness (QED) is 0.389. The molecule has 0 aliphatic heterocycles. The number of hydrogen-bond acceptors (Lipinski definition) is 1. The van der Waals surface area contributed by atoms with E-state index in [0.717, 1.165) is 0 Å². The van der Waals surface area contributed by atoms with E-state index in [1.54, 1.807) is 0 Å². The molecule has 0 aromatic carbocycles. The van der Waals surface area contributed by atoms with E-state index in [1.807, 2.05) is 0 Å². The molecule has 0 aliphatic rings. The van der Waals surface area contributed by atoms with Crippen LogP contribution in [0.15, 0.2) is 0 Å². The first-order valence-electron chi connectivity index (χ1n) is 9.50. The van der Waals surface area contributed by atoms with Crippen molar-refractivity contribution in [3.63, 3.8) is 0 Å². The Morgan fingerprint density at radius 3 is 1.19 bits per heavy atom. The van der Waals surface area contributed by atoms with Gasteiger partial charge in [-0.15, -0.1) is 0 Å². The largest absolute Gasteiger partial charge is 0.374 e. The maximum absolute atomic E-state index is 6.70. The van der Waals surface area contributed by atoms with Crippen LogP contribution in [0.1, 0.15) is 93.9 Å². The molecule has 21 heavy (non-hydrogen) atoms. The van der Waals surface area contributed by atoms with Crippen molar-refractivity contribution in [2.45, 2.75) is 106 Å². The summed E-state index contributed by atoms with van der Waals surface area (Å²) < 4.78 is 6.70. The van der Waals surface area contributed by atoms with E-state index in [1.165, 1.54) is 38.5 Å². The molecule has 0 amide bonds. The van der Waals surface area contributed by atoms with Crippen LogP contribution in [-0.2, 0) is 4.74 Å². The van der Waals surface area contributed by atoms with Crippen LogP contribution in [0.3, 0.4) is 0 Å². The minimum absolute atomic E-state index is 0.438. The summed E-state index contributed by atoms with van der Waals surface area (Å²) in [5.74, 6) is 2.71. The molecule has 1 nitrogen and oxygen atoms in total. The molecule has 0 aromatic rings. The van der Waals surface area contributed by atoms with Gasteiger partial charge >= 0.3 is 0 Å². The molecule has 0 spiro atoms. The summed E-state index contributed by atoms with van der Waals surface area (Å²) >= 11 is 0. The fourth-order valence-corrected chi connectivity index (χ4v) is 2.80. The van der Waals surface area contributed by atoms with Crippen LogP contribution in [0, 0.1) is 23.7 Å². The Kier molecular flexibility index (Phi) is 11.5. The van der Waals surface area contributed by atoms with E-state index >= 15 is 0 Å². The molecule has 4 unspecified atom stereocenters. The topological polar surface area (TPSA) is 9.23 Å². The zero-order valence-electron chi connectivity index (χ0n) is 16.1. The zero-order valence-corrected chi connectivity index (χ0v) is 16.1. The van der Waals surface area contributed by atoms with Crippen LogP contribution in [0.5, 0.6) is 0 Å². The molecule has 0 aromatic heterocycles. The summed E-state index contributed by atoms with van der Waals surface area (Å²) in [7, 11) is 0. The Morgan fingerprint density at radius 2 is 0.952 bits per heavy atom. The Balaban J connectivity index is 4.82. The van der Waals surface area contributed by atoms with Gasteiger partial charge in [-0.3, -0.25) is 0 Å². The minimum atomic E-state index is 0.438. The predicted octanol–water partition coefficient (Wildman–Crippen LogP) is 6.70. The SMILES string of the molecule is CCCCC(OC(CCCC)C(C)C(C)C)C(C)C(C)C. The van der Waals surface area contributed by atoms with Crippen LogP contribution < -0.4 is 0 Å². The smallest absolute Gasteiger partial charge is 0.0607 e. The standard InChI is InChI=1S/C20H42O/c1-9-11-13-19(17(7)15(3)4)21-20(14-12-10-2)18(8)16(5)6/h15-20H,9-14H2,1-8H3. The summed E-state index contributed by atoms with van der Waals surface area (Å²) in [6.45, 7) is 18.6. The van der Waals surface area contributed by atoms with Gasteiger partial charge in [0.15, 0.2) is 0 Å². The number of hydrogen-bond donors (Lipinski definition) is 0. The van der Waals surface area contributed by atoms with Gasteiger partial charge in [0, 0.05) is 0 Å². The normalized spacial score (nSPS) is 18.0. The van der Waals surface area contributed by atoms with Gasteiger partial charge in [-0.1, -0.05) is 81.1 Å². The van der Waals surface area contributed by atoms with E-state index in [4.69, 9.17) is 4.74 Å². The fraction of sp³-hybridized carbons (Fsp3) is 1.00. The summed E-state index contributed by atoms with van der Waals surface area (Å²) in [6, 6.07) is 0. The van der Waals surface area contributed by atoms with Gasteiger partial charge in [0.2, 0.25) is 0 Å². The maximum atomic E-state index is 6.70. The van der Waals surface area contributed by atoms with Gasteiger partial charge in [0.1, 0.15) is 0 Å². The van der Waals surface area contributed by atoms with E-state index in [2.05, 4.69) is 55.4 Å². The molecule has 0 bridgehead atoms. The number of unbranched alkanes of at least 4 members (excludes halogenated alkanes) is 2. The Bertz CT molecular complexity index is 210.